The smallest absolute Gasteiger partial charge is 0.272 e. The first kappa shape index (κ1) is 19.3. The number of carbonyl (C=O) groups is 1. The molecular weight excluding hydrogens is 382 g/mol. The second-order valence-corrected chi connectivity index (χ2v) is 6.98. The number of nitrogens with zero attached hydrogens (tertiary/aromatic N) is 4. The fraction of sp³-hybridized carbons (Fsp3) is 0.227. The van der Waals surface area contributed by atoms with Crippen LogP contribution in [0.5, 0.6) is 0 Å². The lowest BCUT2D eigenvalue weighted by Gasteiger charge is -2.19. The summed E-state index contributed by atoms with van der Waals surface area (Å²) in [6.07, 6.45) is 5.01. The van der Waals surface area contributed by atoms with E-state index in [0.29, 0.717) is 5.76 Å². The van der Waals surface area contributed by atoms with Crippen LogP contribution in [0.4, 0.5) is 5.95 Å². The zero-order valence-corrected chi connectivity index (χ0v) is 16.3. The van der Waals surface area contributed by atoms with Gasteiger partial charge in [0.2, 0.25) is 5.95 Å². The molecular formula is C22H19N5O3. The Hall–Kier alpha value is -3.99. The number of benzene rings is 1. The number of aliphatic hydroxyl groups excluding tert-OH is 1. The van der Waals surface area contributed by atoms with E-state index >= 15 is 0 Å². The van der Waals surface area contributed by atoms with Gasteiger partial charge in [0.05, 0.1) is 17.5 Å². The maximum absolute atomic E-state index is 12.7. The Kier molecular flexibility index (Phi) is 5.26. The van der Waals surface area contributed by atoms with Gasteiger partial charge >= 0.3 is 0 Å². The lowest BCUT2D eigenvalue weighted by atomic mass is 9.92. The van der Waals surface area contributed by atoms with Crippen LogP contribution in [0, 0.1) is 18.3 Å². The molecule has 30 heavy (non-hydrogen) atoms. The highest BCUT2D eigenvalue weighted by Crippen LogP contribution is 2.30. The first-order chi connectivity index (χ1) is 14.6. The minimum absolute atomic E-state index is 0.0992. The molecule has 0 spiro atoms. The molecule has 2 N–H and O–H groups in total. The van der Waals surface area contributed by atoms with Crippen LogP contribution in [-0.4, -0.2) is 26.1 Å². The maximum atomic E-state index is 12.7. The molecule has 3 aromatic rings. The molecule has 0 atom stereocenters. The van der Waals surface area contributed by atoms with Gasteiger partial charge < -0.3 is 9.63 Å². The Bertz CT molecular complexity index is 1180. The van der Waals surface area contributed by atoms with Gasteiger partial charge in [0.1, 0.15) is 11.8 Å². The number of anilines is 1. The number of rotatable bonds is 4. The third-order valence-corrected chi connectivity index (χ3v) is 5.04. The Balaban J connectivity index is 1.72. The van der Waals surface area contributed by atoms with Crippen LogP contribution in [0.25, 0.3) is 17.0 Å². The van der Waals surface area contributed by atoms with Gasteiger partial charge in [-0.15, -0.1) is 0 Å². The lowest BCUT2D eigenvalue weighted by Crippen LogP contribution is -2.19. The predicted octanol–water partition coefficient (Wildman–Crippen LogP) is 3.75. The summed E-state index contributed by atoms with van der Waals surface area (Å²) in [5.41, 5.74) is 3.41. The van der Waals surface area contributed by atoms with Crippen molar-refractivity contribution in [1.29, 1.82) is 5.26 Å². The molecule has 150 valence electrons. The molecule has 0 saturated carbocycles. The highest BCUT2D eigenvalue weighted by atomic mass is 16.5. The van der Waals surface area contributed by atoms with Gasteiger partial charge in [-0.05, 0) is 32.6 Å². The average Bonchev–Trinajstić information content (AvgIpc) is 3.20. The number of nitriles is 1. The number of hydrogen-bond donors (Lipinski definition) is 2. The normalized spacial score (nSPS) is 13.7. The Morgan fingerprint density at radius 1 is 1.20 bits per heavy atom. The van der Waals surface area contributed by atoms with Gasteiger partial charge in [-0.2, -0.15) is 5.26 Å². The number of nitrogens with one attached hydrogen (secondary N) is 1. The molecule has 4 rings (SSSR count). The summed E-state index contributed by atoms with van der Waals surface area (Å²) in [4.78, 5) is 21.8. The Morgan fingerprint density at radius 2 is 1.97 bits per heavy atom. The van der Waals surface area contributed by atoms with Crippen LogP contribution in [0.1, 0.15) is 35.4 Å². The Morgan fingerprint density at radius 3 is 2.67 bits per heavy atom. The van der Waals surface area contributed by atoms with Crippen molar-refractivity contribution in [3.05, 3.63) is 64.7 Å². The van der Waals surface area contributed by atoms with Gasteiger partial charge in [-0.3, -0.25) is 10.1 Å². The highest BCUT2D eigenvalue weighted by Gasteiger charge is 2.23. The molecule has 2 aromatic heterocycles. The van der Waals surface area contributed by atoms with Crippen LogP contribution in [0.15, 0.2) is 46.6 Å². The molecule has 8 heteroatoms. The van der Waals surface area contributed by atoms with Gasteiger partial charge in [0.25, 0.3) is 5.91 Å². The van der Waals surface area contributed by atoms with Crippen molar-refractivity contribution in [2.45, 2.75) is 32.6 Å². The fourth-order valence-electron chi connectivity index (χ4n) is 3.52. The van der Waals surface area contributed by atoms with Crippen LogP contribution in [0.2, 0.25) is 0 Å². The molecule has 0 aliphatic heterocycles. The van der Waals surface area contributed by atoms with E-state index < -0.39 is 17.2 Å². The van der Waals surface area contributed by atoms with Crippen LogP contribution >= 0.6 is 0 Å². The first-order valence-electron chi connectivity index (χ1n) is 9.60. The van der Waals surface area contributed by atoms with Crippen LogP contribution in [-0.2, 0) is 17.6 Å². The predicted molar refractivity (Wildman–Crippen MR) is 109 cm³/mol. The molecule has 0 radical (unpaired) electrons. The summed E-state index contributed by atoms with van der Waals surface area (Å²) in [6.45, 7) is 1.57. The SMILES string of the molecule is Cc1oncc1/C(O)=C(\C#N)C(=O)Nc1nc2c(c(-c3ccccc3)n1)CCCC2. The van der Waals surface area contributed by atoms with Gasteiger partial charge in [0, 0.05) is 16.8 Å². The van der Waals surface area contributed by atoms with Crippen molar-refractivity contribution < 1.29 is 14.4 Å². The van der Waals surface area contributed by atoms with Crippen molar-refractivity contribution in [1.82, 2.24) is 15.1 Å². The van der Waals surface area contributed by atoms with E-state index in [2.05, 4.69) is 20.4 Å². The van der Waals surface area contributed by atoms with E-state index in [9.17, 15) is 15.2 Å². The van der Waals surface area contributed by atoms with Crippen molar-refractivity contribution >= 4 is 17.6 Å². The van der Waals surface area contributed by atoms with Crippen molar-refractivity contribution in [3.63, 3.8) is 0 Å². The zero-order chi connectivity index (χ0) is 21.1. The monoisotopic (exact) mass is 401 g/mol. The summed E-state index contributed by atoms with van der Waals surface area (Å²) >= 11 is 0. The number of carbonyl (C=O) groups excluding carboxylic acids is 1. The molecule has 1 aliphatic carbocycles. The van der Waals surface area contributed by atoms with Crippen LogP contribution in [0.3, 0.4) is 0 Å². The first-order valence-corrected chi connectivity index (χ1v) is 9.60. The molecule has 0 bridgehead atoms. The minimum atomic E-state index is -0.801. The Labute approximate surface area is 172 Å². The van der Waals surface area contributed by atoms with Crippen molar-refractivity contribution in [3.8, 4) is 17.3 Å². The lowest BCUT2D eigenvalue weighted by molar-refractivity contribution is -0.112. The van der Waals surface area contributed by atoms with E-state index in [1.807, 2.05) is 30.3 Å². The third kappa shape index (κ3) is 3.65. The zero-order valence-electron chi connectivity index (χ0n) is 16.3. The van der Waals surface area contributed by atoms with Gasteiger partial charge in [0.15, 0.2) is 11.3 Å². The maximum Gasteiger partial charge on any atom is 0.272 e. The van der Waals surface area contributed by atoms with E-state index in [4.69, 9.17) is 4.52 Å². The highest BCUT2D eigenvalue weighted by molar-refractivity contribution is 6.10. The van der Waals surface area contributed by atoms with E-state index in [1.54, 1.807) is 13.0 Å². The van der Waals surface area contributed by atoms with Gasteiger partial charge in [-0.1, -0.05) is 35.5 Å². The largest absolute Gasteiger partial charge is 0.506 e. The molecule has 0 saturated heterocycles. The molecule has 0 fully saturated rings. The number of aliphatic hydroxyl groups is 1. The standard InChI is InChI=1S/C22H19N5O3/c1-13-17(12-24-30-13)20(28)16(11-23)21(29)27-22-25-18-10-6-5-9-15(18)19(26-22)14-7-3-2-4-8-14/h2-4,7-8,12,28H,5-6,9-10H2,1H3,(H,25,26,27,29)/b20-16-. The van der Waals surface area contributed by atoms with Crippen molar-refractivity contribution in [2.75, 3.05) is 5.32 Å². The quantitative estimate of drug-likeness (QED) is 0.387. The minimum Gasteiger partial charge on any atom is -0.506 e. The number of aryl methyl sites for hydroxylation is 2. The molecule has 1 aliphatic rings. The molecule has 8 nitrogen and oxygen atoms in total. The third-order valence-electron chi connectivity index (χ3n) is 5.04. The number of hydrogen-bond acceptors (Lipinski definition) is 7. The molecule has 1 aromatic carbocycles. The summed E-state index contributed by atoms with van der Waals surface area (Å²) in [6, 6.07) is 11.5. The number of amides is 1. The fourth-order valence-corrected chi connectivity index (χ4v) is 3.52. The molecule has 0 unspecified atom stereocenters. The van der Waals surface area contributed by atoms with Crippen LogP contribution < -0.4 is 5.32 Å². The second kappa shape index (κ2) is 8.17. The van der Waals surface area contributed by atoms with E-state index in [1.165, 1.54) is 6.20 Å². The number of fused-ring (bicyclic) bond motifs is 1. The summed E-state index contributed by atoms with van der Waals surface area (Å²) in [5.74, 6) is -0.910. The van der Waals surface area contributed by atoms with E-state index in [-0.39, 0.29) is 11.5 Å². The van der Waals surface area contributed by atoms with Gasteiger partial charge in [-0.25, -0.2) is 9.97 Å². The summed E-state index contributed by atoms with van der Waals surface area (Å²) in [5, 5.41) is 25.9. The van der Waals surface area contributed by atoms with Crippen molar-refractivity contribution in [2.24, 2.45) is 0 Å². The summed E-state index contributed by atoms with van der Waals surface area (Å²) in [7, 11) is 0. The average molecular weight is 401 g/mol. The summed E-state index contributed by atoms with van der Waals surface area (Å²) < 4.78 is 4.90. The molecule has 1 amide bonds. The van der Waals surface area contributed by atoms with E-state index in [0.717, 1.165) is 48.2 Å². The second-order valence-electron chi connectivity index (χ2n) is 6.98. The number of aromatic nitrogens is 3. The molecule has 2 heterocycles. The topological polar surface area (TPSA) is 125 Å².